The SMILES string of the molecule is CS(=O)c1ccc(C(=O)N(CCN2CCCC2)Cc2ccc(Cl)c(Cl)c2)cc1. The van der Waals surface area contributed by atoms with Crippen molar-refractivity contribution in [1.29, 1.82) is 0 Å². The van der Waals surface area contributed by atoms with Crippen molar-refractivity contribution in [3.63, 3.8) is 0 Å². The standard InChI is InChI=1S/C21H24Cl2N2O2S/c1-28(27)18-7-5-17(6-8-18)21(26)25(13-12-24-10-2-3-11-24)15-16-4-9-19(22)20(23)14-16/h4-9,14H,2-3,10-13,15H2,1H3. The molecule has 3 rings (SSSR count). The van der Waals surface area contributed by atoms with Crippen molar-refractivity contribution in [3.8, 4) is 0 Å². The number of nitrogens with zero attached hydrogens (tertiary/aromatic N) is 2. The fourth-order valence-electron chi connectivity index (χ4n) is 3.35. The van der Waals surface area contributed by atoms with Crippen molar-refractivity contribution in [3.05, 3.63) is 63.6 Å². The molecule has 150 valence electrons. The minimum absolute atomic E-state index is 0.0429. The van der Waals surface area contributed by atoms with E-state index in [2.05, 4.69) is 4.90 Å². The molecule has 1 aliphatic rings. The zero-order valence-electron chi connectivity index (χ0n) is 15.9. The molecule has 0 saturated carbocycles. The van der Waals surface area contributed by atoms with E-state index in [1.807, 2.05) is 17.0 Å². The molecular formula is C21H24Cl2N2O2S. The van der Waals surface area contributed by atoms with Crippen LogP contribution in [0.1, 0.15) is 28.8 Å². The van der Waals surface area contributed by atoms with Gasteiger partial charge in [-0.25, -0.2) is 0 Å². The monoisotopic (exact) mass is 438 g/mol. The van der Waals surface area contributed by atoms with E-state index in [1.165, 1.54) is 12.8 Å². The summed E-state index contributed by atoms with van der Waals surface area (Å²) in [5.41, 5.74) is 1.53. The largest absolute Gasteiger partial charge is 0.333 e. The molecule has 1 aliphatic heterocycles. The van der Waals surface area contributed by atoms with E-state index >= 15 is 0 Å². The number of carbonyl (C=O) groups excluding carboxylic acids is 1. The lowest BCUT2D eigenvalue weighted by Gasteiger charge is -2.26. The van der Waals surface area contributed by atoms with Crippen LogP contribution < -0.4 is 0 Å². The number of benzene rings is 2. The summed E-state index contributed by atoms with van der Waals surface area (Å²) in [6, 6.07) is 12.5. The van der Waals surface area contributed by atoms with Gasteiger partial charge in [-0.1, -0.05) is 29.3 Å². The van der Waals surface area contributed by atoms with Crippen LogP contribution in [0.5, 0.6) is 0 Å². The molecule has 0 radical (unpaired) electrons. The van der Waals surface area contributed by atoms with Gasteiger partial charge in [-0.3, -0.25) is 9.00 Å². The molecule has 0 bridgehead atoms. The first-order chi connectivity index (χ1) is 13.4. The highest BCUT2D eigenvalue weighted by molar-refractivity contribution is 7.84. The maximum atomic E-state index is 13.2. The van der Waals surface area contributed by atoms with Gasteiger partial charge in [0.1, 0.15) is 0 Å². The zero-order chi connectivity index (χ0) is 20.1. The molecule has 0 spiro atoms. The van der Waals surface area contributed by atoms with Crippen LogP contribution in [0.15, 0.2) is 47.4 Å². The Balaban J connectivity index is 1.77. The van der Waals surface area contributed by atoms with Gasteiger partial charge in [0, 0.05) is 47.1 Å². The highest BCUT2D eigenvalue weighted by Crippen LogP contribution is 2.24. The summed E-state index contributed by atoms with van der Waals surface area (Å²) < 4.78 is 11.6. The van der Waals surface area contributed by atoms with Crippen LogP contribution in [0, 0.1) is 0 Å². The second kappa shape index (κ2) is 9.88. The molecule has 7 heteroatoms. The molecule has 28 heavy (non-hydrogen) atoms. The van der Waals surface area contributed by atoms with Crippen LogP contribution in [-0.4, -0.2) is 52.4 Å². The lowest BCUT2D eigenvalue weighted by Crippen LogP contribution is -2.37. The normalized spacial score (nSPS) is 15.5. The predicted octanol–water partition coefficient (Wildman–Crippen LogP) is 4.47. The minimum Gasteiger partial charge on any atom is -0.333 e. The Morgan fingerprint density at radius 2 is 1.75 bits per heavy atom. The van der Waals surface area contributed by atoms with Gasteiger partial charge in [0.15, 0.2) is 0 Å². The highest BCUT2D eigenvalue weighted by Gasteiger charge is 2.19. The number of halogens is 2. The second-order valence-electron chi connectivity index (χ2n) is 7.00. The second-order valence-corrected chi connectivity index (χ2v) is 9.20. The topological polar surface area (TPSA) is 40.6 Å². The first kappa shape index (κ1) is 21.3. The Labute approximate surface area is 178 Å². The Morgan fingerprint density at radius 1 is 1.07 bits per heavy atom. The van der Waals surface area contributed by atoms with Crippen LogP contribution in [0.25, 0.3) is 0 Å². The lowest BCUT2D eigenvalue weighted by atomic mass is 10.1. The number of likely N-dealkylation sites (tertiary alicyclic amines) is 1. The summed E-state index contributed by atoms with van der Waals surface area (Å²) in [5.74, 6) is -0.0429. The molecule has 0 aliphatic carbocycles. The van der Waals surface area contributed by atoms with Gasteiger partial charge < -0.3 is 9.80 Å². The number of hydrogen-bond donors (Lipinski definition) is 0. The van der Waals surface area contributed by atoms with Crippen LogP contribution >= 0.6 is 23.2 Å². The molecule has 1 heterocycles. The number of amides is 1. The summed E-state index contributed by atoms with van der Waals surface area (Å²) in [6.45, 7) is 4.13. The lowest BCUT2D eigenvalue weighted by molar-refractivity contribution is 0.0727. The van der Waals surface area contributed by atoms with Gasteiger partial charge in [-0.2, -0.15) is 0 Å². The average molecular weight is 439 g/mol. The molecule has 0 N–H and O–H groups in total. The van der Waals surface area contributed by atoms with E-state index in [4.69, 9.17) is 23.2 Å². The fourth-order valence-corrected chi connectivity index (χ4v) is 4.19. The smallest absolute Gasteiger partial charge is 0.254 e. The number of rotatable bonds is 7. The van der Waals surface area contributed by atoms with E-state index in [-0.39, 0.29) is 5.91 Å². The van der Waals surface area contributed by atoms with E-state index in [0.29, 0.717) is 33.6 Å². The Bertz CT molecular complexity index is 852. The molecule has 2 aromatic carbocycles. The Hall–Kier alpha value is -1.40. The molecular weight excluding hydrogens is 415 g/mol. The van der Waals surface area contributed by atoms with Crippen molar-refractivity contribution in [2.75, 3.05) is 32.4 Å². The van der Waals surface area contributed by atoms with Crippen molar-refractivity contribution < 1.29 is 9.00 Å². The maximum absolute atomic E-state index is 13.2. The third-order valence-electron chi connectivity index (χ3n) is 4.96. The summed E-state index contributed by atoms with van der Waals surface area (Å²) in [5, 5.41) is 0.990. The molecule has 1 saturated heterocycles. The molecule has 4 nitrogen and oxygen atoms in total. The van der Waals surface area contributed by atoms with Crippen molar-refractivity contribution >= 4 is 39.9 Å². The van der Waals surface area contributed by atoms with Crippen LogP contribution in [0.4, 0.5) is 0 Å². The first-order valence-corrected chi connectivity index (χ1v) is 11.6. The summed E-state index contributed by atoms with van der Waals surface area (Å²) >= 11 is 12.2. The van der Waals surface area contributed by atoms with Crippen molar-refractivity contribution in [2.24, 2.45) is 0 Å². The third-order valence-corrected chi connectivity index (χ3v) is 6.64. The molecule has 1 amide bonds. The van der Waals surface area contributed by atoms with Crippen molar-refractivity contribution in [2.45, 2.75) is 24.3 Å². The maximum Gasteiger partial charge on any atom is 0.254 e. The first-order valence-electron chi connectivity index (χ1n) is 9.33. The van der Waals surface area contributed by atoms with E-state index in [0.717, 1.165) is 25.2 Å². The van der Waals surface area contributed by atoms with Crippen LogP contribution in [-0.2, 0) is 17.3 Å². The van der Waals surface area contributed by atoms with E-state index < -0.39 is 10.8 Å². The number of carbonyl (C=O) groups is 1. The van der Waals surface area contributed by atoms with Crippen LogP contribution in [0.2, 0.25) is 10.0 Å². The fraction of sp³-hybridized carbons (Fsp3) is 0.381. The third kappa shape index (κ3) is 5.57. The average Bonchev–Trinajstić information content (AvgIpc) is 3.21. The summed E-state index contributed by atoms with van der Waals surface area (Å²) in [6.07, 6.45) is 4.07. The Kier molecular flexibility index (Phi) is 7.52. The van der Waals surface area contributed by atoms with Crippen molar-refractivity contribution in [1.82, 2.24) is 9.80 Å². The molecule has 1 unspecified atom stereocenters. The van der Waals surface area contributed by atoms with Gasteiger partial charge in [0.2, 0.25) is 0 Å². The van der Waals surface area contributed by atoms with Gasteiger partial charge in [0.25, 0.3) is 5.91 Å². The van der Waals surface area contributed by atoms with E-state index in [1.54, 1.807) is 36.6 Å². The number of hydrogen-bond acceptors (Lipinski definition) is 3. The van der Waals surface area contributed by atoms with Gasteiger partial charge >= 0.3 is 0 Å². The molecule has 0 aromatic heterocycles. The Morgan fingerprint density at radius 3 is 2.36 bits per heavy atom. The van der Waals surface area contributed by atoms with Gasteiger partial charge in [0.05, 0.1) is 10.0 Å². The van der Waals surface area contributed by atoms with Gasteiger partial charge in [-0.05, 0) is 67.9 Å². The van der Waals surface area contributed by atoms with E-state index in [9.17, 15) is 9.00 Å². The van der Waals surface area contributed by atoms with Crippen LogP contribution in [0.3, 0.4) is 0 Å². The molecule has 1 fully saturated rings. The summed E-state index contributed by atoms with van der Waals surface area (Å²) in [4.78, 5) is 18.1. The minimum atomic E-state index is -1.06. The van der Waals surface area contributed by atoms with Gasteiger partial charge in [-0.15, -0.1) is 0 Å². The quantitative estimate of drug-likeness (QED) is 0.639. The highest BCUT2D eigenvalue weighted by atomic mass is 35.5. The molecule has 1 atom stereocenters. The predicted molar refractivity (Wildman–Crippen MR) is 116 cm³/mol. The zero-order valence-corrected chi connectivity index (χ0v) is 18.2. The summed E-state index contributed by atoms with van der Waals surface area (Å²) in [7, 11) is -1.06. The molecule has 2 aromatic rings.